The van der Waals surface area contributed by atoms with Gasteiger partial charge in [0.15, 0.2) is 5.78 Å². The van der Waals surface area contributed by atoms with Gasteiger partial charge in [-0.15, -0.1) is 0 Å². The fraction of sp³-hybridized carbons (Fsp3) is 0.115. The first-order valence-electron chi connectivity index (χ1n) is 9.37. The van der Waals surface area contributed by atoms with E-state index in [-0.39, 0.29) is 5.78 Å². The number of allylic oxidation sites excluding steroid dienone is 2. The summed E-state index contributed by atoms with van der Waals surface area (Å²) in [6.45, 7) is 6.55. The molecule has 0 N–H and O–H groups in total. The first kappa shape index (κ1) is 19.4. The van der Waals surface area contributed by atoms with Crippen molar-refractivity contribution in [2.24, 2.45) is 0 Å². The van der Waals surface area contributed by atoms with E-state index in [1.54, 1.807) is 6.08 Å². The summed E-state index contributed by atoms with van der Waals surface area (Å²) in [6.07, 6.45) is 4.29. The topological polar surface area (TPSA) is 26.3 Å². The summed E-state index contributed by atoms with van der Waals surface area (Å²) in [5.41, 5.74) is 5.08. The zero-order valence-electron chi connectivity index (χ0n) is 16.1. The summed E-state index contributed by atoms with van der Waals surface area (Å²) >= 11 is 0. The molecule has 3 aromatic rings. The first-order chi connectivity index (χ1) is 13.6. The second-order valence-corrected chi connectivity index (χ2v) is 6.71. The average molecular weight is 368 g/mol. The smallest absolute Gasteiger partial charge is 0.185 e. The van der Waals surface area contributed by atoms with Crippen LogP contribution in [0.3, 0.4) is 0 Å². The van der Waals surface area contributed by atoms with E-state index in [0.717, 1.165) is 28.9 Å². The number of ketones is 1. The number of ether oxygens (including phenoxy) is 1. The highest BCUT2D eigenvalue weighted by molar-refractivity contribution is 6.06. The minimum absolute atomic E-state index is 0.00995. The van der Waals surface area contributed by atoms with Crippen LogP contribution in [0.2, 0.25) is 0 Å². The normalized spacial score (nSPS) is 10.8. The Balaban J connectivity index is 1.49. The van der Waals surface area contributed by atoms with Gasteiger partial charge in [-0.25, -0.2) is 0 Å². The third-order valence-electron chi connectivity index (χ3n) is 4.47. The van der Waals surface area contributed by atoms with Crippen molar-refractivity contribution in [2.75, 3.05) is 6.61 Å². The standard InChI is InChI=1S/C26H24O2/c1-20(2)23-13-15-25(16-14-23)28-19-18-22-10-8-21(9-11-22)12-17-26(27)24-6-4-3-5-7-24/h3-17H,1,18-19H2,2H3. The Morgan fingerprint density at radius 1 is 0.893 bits per heavy atom. The van der Waals surface area contributed by atoms with E-state index in [4.69, 9.17) is 4.74 Å². The van der Waals surface area contributed by atoms with E-state index in [0.29, 0.717) is 12.2 Å². The number of hydrogen-bond donors (Lipinski definition) is 0. The van der Waals surface area contributed by atoms with Crippen LogP contribution in [0.25, 0.3) is 11.6 Å². The van der Waals surface area contributed by atoms with E-state index in [9.17, 15) is 4.79 Å². The van der Waals surface area contributed by atoms with Gasteiger partial charge in [-0.2, -0.15) is 0 Å². The van der Waals surface area contributed by atoms with Gasteiger partial charge in [0.05, 0.1) is 6.61 Å². The lowest BCUT2D eigenvalue weighted by atomic mass is 10.1. The highest BCUT2D eigenvalue weighted by Gasteiger charge is 2.00. The van der Waals surface area contributed by atoms with E-state index in [2.05, 4.69) is 18.7 Å². The molecule has 0 aliphatic rings. The number of carbonyl (C=O) groups is 1. The second-order valence-electron chi connectivity index (χ2n) is 6.71. The van der Waals surface area contributed by atoms with Crippen molar-refractivity contribution in [3.05, 3.63) is 114 Å². The Morgan fingerprint density at radius 2 is 1.57 bits per heavy atom. The summed E-state index contributed by atoms with van der Waals surface area (Å²) in [4.78, 5) is 12.1. The quantitative estimate of drug-likeness (QED) is 0.348. The van der Waals surface area contributed by atoms with E-state index in [1.807, 2.05) is 79.7 Å². The molecule has 0 heterocycles. The Morgan fingerprint density at radius 3 is 2.21 bits per heavy atom. The van der Waals surface area contributed by atoms with Crippen LogP contribution in [0.5, 0.6) is 5.75 Å². The molecule has 0 unspecified atom stereocenters. The highest BCUT2D eigenvalue weighted by atomic mass is 16.5. The molecule has 0 saturated heterocycles. The van der Waals surface area contributed by atoms with E-state index >= 15 is 0 Å². The molecule has 3 aromatic carbocycles. The average Bonchev–Trinajstić information content (AvgIpc) is 2.74. The Labute approximate surface area is 166 Å². The molecule has 140 valence electrons. The maximum atomic E-state index is 12.1. The summed E-state index contributed by atoms with van der Waals surface area (Å²) in [6, 6.07) is 25.5. The predicted octanol–water partition coefficient (Wildman–Crippen LogP) is 6.24. The van der Waals surface area contributed by atoms with Crippen molar-refractivity contribution >= 4 is 17.4 Å². The monoisotopic (exact) mass is 368 g/mol. The van der Waals surface area contributed by atoms with Gasteiger partial charge < -0.3 is 4.74 Å². The van der Waals surface area contributed by atoms with Gasteiger partial charge in [0.1, 0.15) is 5.75 Å². The van der Waals surface area contributed by atoms with Gasteiger partial charge in [0.25, 0.3) is 0 Å². The second kappa shape index (κ2) is 9.52. The summed E-state index contributed by atoms with van der Waals surface area (Å²) < 4.78 is 5.81. The van der Waals surface area contributed by atoms with Crippen LogP contribution in [0.4, 0.5) is 0 Å². The van der Waals surface area contributed by atoms with Crippen molar-refractivity contribution < 1.29 is 9.53 Å². The third kappa shape index (κ3) is 5.55. The molecule has 0 saturated carbocycles. The van der Waals surface area contributed by atoms with Crippen molar-refractivity contribution in [3.63, 3.8) is 0 Å². The zero-order valence-corrected chi connectivity index (χ0v) is 16.1. The fourth-order valence-electron chi connectivity index (χ4n) is 2.79. The van der Waals surface area contributed by atoms with Crippen LogP contribution < -0.4 is 4.74 Å². The number of carbonyl (C=O) groups excluding carboxylic acids is 1. The minimum atomic E-state index is 0.00995. The fourth-order valence-corrected chi connectivity index (χ4v) is 2.79. The van der Waals surface area contributed by atoms with Crippen LogP contribution in [0.1, 0.15) is 34.0 Å². The van der Waals surface area contributed by atoms with Gasteiger partial charge in [0, 0.05) is 12.0 Å². The van der Waals surface area contributed by atoms with Crippen LogP contribution in [-0.4, -0.2) is 12.4 Å². The number of hydrogen-bond acceptors (Lipinski definition) is 2. The molecular weight excluding hydrogens is 344 g/mol. The molecule has 0 aliphatic carbocycles. The molecule has 0 amide bonds. The maximum absolute atomic E-state index is 12.1. The summed E-state index contributed by atoms with van der Waals surface area (Å²) in [7, 11) is 0. The Bertz CT molecular complexity index is 950. The van der Waals surface area contributed by atoms with Crippen LogP contribution in [0.15, 0.2) is 91.5 Å². The third-order valence-corrected chi connectivity index (χ3v) is 4.47. The first-order valence-corrected chi connectivity index (χ1v) is 9.37. The van der Waals surface area contributed by atoms with E-state index in [1.165, 1.54) is 5.56 Å². The molecule has 0 radical (unpaired) electrons. The van der Waals surface area contributed by atoms with Gasteiger partial charge in [-0.1, -0.05) is 85.0 Å². The van der Waals surface area contributed by atoms with Gasteiger partial charge in [0.2, 0.25) is 0 Å². The van der Waals surface area contributed by atoms with E-state index < -0.39 is 0 Å². The highest BCUT2D eigenvalue weighted by Crippen LogP contribution is 2.17. The number of benzene rings is 3. The van der Waals surface area contributed by atoms with Crippen molar-refractivity contribution in [1.82, 2.24) is 0 Å². The molecule has 2 nitrogen and oxygen atoms in total. The van der Waals surface area contributed by atoms with Crippen molar-refractivity contribution in [1.29, 1.82) is 0 Å². The molecule has 0 aliphatic heterocycles. The number of rotatable bonds is 8. The SMILES string of the molecule is C=C(C)c1ccc(OCCc2ccc(C=CC(=O)c3ccccc3)cc2)cc1. The molecule has 0 aromatic heterocycles. The van der Waals surface area contributed by atoms with Crippen LogP contribution in [0, 0.1) is 0 Å². The summed E-state index contributed by atoms with van der Waals surface area (Å²) in [5.74, 6) is 0.875. The molecule has 0 bridgehead atoms. The Kier molecular flexibility index (Phi) is 6.59. The zero-order chi connectivity index (χ0) is 19.8. The van der Waals surface area contributed by atoms with Crippen LogP contribution in [-0.2, 0) is 6.42 Å². The lowest BCUT2D eigenvalue weighted by molar-refractivity contribution is 0.104. The maximum Gasteiger partial charge on any atom is 0.185 e. The predicted molar refractivity (Wildman–Crippen MR) is 117 cm³/mol. The van der Waals surface area contributed by atoms with Gasteiger partial charge >= 0.3 is 0 Å². The molecular formula is C26H24O2. The Hall–Kier alpha value is -3.39. The molecule has 28 heavy (non-hydrogen) atoms. The minimum Gasteiger partial charge on any atom is -0.493 e. The van der Waals surface area contributed by atoms with Crippen molar-refractivity contribution in [2.45, 2.75) is 13.3 Å². The molecule has 3 rings (SSSR count). The largest absolute Gasteiger partial charge is 0.493 e. The van der Waals surface area contributed by atoms with Crippen LogP contribution >= 0.6 is 0 Å². The molecule has 0 atom stereocenters. The lowest BCUT2D eigenvalue weighted by Crippen LogP contribution is -2.01. The molecule has 0 spiro atoms. The lowest BCUT2D eigenvalue weighted by Gasteiger charge is -2.07. The molecule has 0 fully saturated rings. The molecule has 2 heteroatoms. The summed E-state index contributed by atoms with van der Waals surface area (Å²) in [5, 5.41) is 0. The van der Waals surface area contributed by atoms with Gasteiger partial charge in [-0.3, -0.25) is 4.79 Å². The van der Waals surface area contributed by atoms with Gasteiger partial charge in [-0.05, 0) is 41.8 Å². The van der Waals surface area contributed by atoms with Crippen molar-refractivity contribution in [3.8, 4) is 5.75 Å².